The molecule has 1 heterocycles. The Hall–Kier alpha value is -1.46. The zero-order valence-corrected chi connectivity index (χ0v) is 14.0. The van der Waals surface area contributed by atoms with Crippen LogP contribution in [0.25, 0.3) is 0 Å². The van der Waals surface area contributed by atoms with Gasteiger partial charge in [0, 0.05) is 25.3 Å². The summed E-state index contributed by atoms with van der Waals surface area (Å²) in [5.41, 5.74) is 0. The number of aromatic nitrogens is 1. The molecule has 1 atom stereocenters. The molecule has 0 aliphatic heterocycles. The van der Waals surface area contributed by atoms with Crippen LogP contribution in [-0.2, 0) is 4.79 Å². The van der Waals surface area contributed by atoms with Gasteiger partial charge in [-0.3, -0.25) is 9.69 Å². The first-order chi connectivity index (χ1) is 10.6. The van der Waals surface area contributed by atoms with E-state index in [1.165, 1.54) is 25.7 Å². The van der Waals surface area contributed by atoms with Crippen LogP contribution in [0.15, 0.2) is 24.4 Å². The minimum Gasteiger partial charge on any atom is -0.309 e. The number of hydrogen-bond acceptors (Lipinski definition) is 4. The van der Waals surface area contributed by atoms with E-state index in [1.807, 2.05) is 26.1 Å². The SMILES string of the molecule is C[C@H](C(=O)Nc1ccccn1)N(C)CCN(C)C1CCCC1. The van der Waals surface area contributed by atoms with E-state index in [9.17, 15) is 4.79 Å². The van der Waals surface area contributed by atoms with Crippen molar-refractivity contribution in [3.05, 3.63) is 24.4 Å². The summed E-state index contributed by atoms with van der Waals surface area (Å²) >= 11 is 0. The summed E-state index contributed by atoms with van der Waals surface area (Å²) in [6.45, 7) is 3.83. The minimum atomic E-state index is -0.168. The molecule has 0 aromatic carbocycles. The van der Waals surface area contributed by atoms with Gasteiger partial charge in [0.25, 0.3) is 0 Å². The van der Waals surface area contributed by atoms with Crippen molar-refractivity contribution in [3.8, 4) is 0 Å². The Morgan fingerprint density at radius 3 is 2.68 bits per heavy atom. The van der Waals surface area contributed by atoms with Crippen LogP contribution in [0.2, 0.25) is 0 Å². The number of nitrogens with one attached hydrogen (secondary N) is 1. The molecule has 5 nitrogen and oxygen atoms in total. The fraction of sp³-hybridized carbons (Fsp3) is 0.647. The van der Waals surface area contributed by atoms with Crippen molar-refractivity contribution in [2.24, 2.45) is 0 Å². The van der Waals surface area contributed by atoms with E-state index in [1.54, 1.807) is 12.3 Å². The van der Waals surface area contributed by atoms with E-state index in [-0.39, 0.29) is 11.9 Å². The van der Waals surface area contributed by atoms with E-state index in [2.05, 4.69) is 27.1 Å². The molecule has 122 valence electrons. The highest BCUT2D eigenvalue weighted by Crippen LogP contribution is 2.22. The summed E-state index contributed by atoms with van der Waals surface area (Å²) in [6.07, 6.45) is 7.02. The molecule has 0 radical (unpaired) electrons. The Morgan fingerprint density at radius 1 is 1.32 bits per heavy atom. The maximum atomic E-state index is 12.2. The van der Waals surface area contributed by atoms with Gasteiger partial charge in [0.05, 0.1) is 6.04 Å². The molecule has 1 saturated carbocycles. The highest BCUT2D eigenvalue weighted by Gasteiger charge is 2.22. The number of carbonyl (C=O) groups excluding carboxylic acids is 1. The second-order valence-electron chi connectivity index (χ2n) is 6.28. The standard InChI is InChI=1S/C17H28N4O/c1-14(17(22)19-16-10-6-7-11-18-16)20(2)12-13-21(3)15-8-4-5-9-15/h6-7,10-11,14-15H,4-5,8-9,12-13H2,1-3H3,(H,18,19,22)/t14-/m1/s1. The van der Waals surface area contributed by atoms with Gasteiger partial charge in [0.15, 0.2) is 0 Å². The van der Waals surface area contributed by atoms with Crippen molar-refractivity contribution < 1.29 is 4.79 Å². The molecule has 0 bridgehead atoms. The predicted molar refractivity (Wildman–Crippen MR) is 89.8 cm³/mol. The molecule has 1 aliphatic carbocycles. The average molecular weight is 304 g/mol. The van der Waals surface area contributed by atoms with E-state index in [0.29, 0.717) is 5.82 Å². The molecule has 1 aromatic heterocycles. The van der Waals surface area contributed by atoms with Crippen LogP contribution in [0.5, 0.6) is 0 Å². The fourth-order valence-corrected chi connectivity index (χ4v) is 2.90. The maximum Gasteiger partial charge on any atom is 0.242 e. The number of amides is 1. The largest absolute Gasteiger partial charge is 0.309 e. The van der Waals surface area contributed by atoms with E-state index < -0.39 is 0 Å². The van der Waals surface area contributed by atoms with Gasteiger partial charge in [-0.15, -0.1) is 0 Å². The fourth-order valence-electron chi connectivity index (χ4n) is 2.90. The van der Waals surface area contributed by atoms with Crippen LogP contribution in [0.1, 0.15) is 32.6 Å². The molecule has 0 unspecified atom stereocenters. The Balaban J connectivity index is 1.75. The lowest BCUT2D eigenvalue weighted by molar-refractivity contribution is -0.120. The van der Waals surface area contributed by atoms with Gasteiger partial charge >= 0.3 is 0 Å². The van der Waals surface area contributed by atoms with Crippen molar-refractivity contribution >= 4 is 11.7 Å². The lowest BCUT2D eigenvalue weighted by Crippen LogP contribution is -2.44. The second-order valence-corrected chi connectivity index (χ2v) is 6.28. The monoisotopic (exact) mass is 304 g/mol. The first kappa shape index (κ1) is 16.9. The molecule has 1 aliphatic rings. The van der Waals surface area contributed by atoms with Crippen LogP contribution < -0.4 is 5.32 Å². The third-order valence-corrected chi connectivity index (χ3v) is 4.71. The Bertz CT molecular complexity index is 459. The zero-order valence-electron chi connectivity index (χ0n) is 14.0. The summed E-state index contributed by atoms with van der Waals surface area (Å²) in [5.74, 6) is 0.598. The topological polar surface area (TPSA) is 48.5 Å². The lowest BCUT2D eigenvalue weighted by atomic mass is 10.2. The first-order valence-corrected chi connectivity index (χ1v) is 8.20. The van der Waals surface area contributed by atoms with Crippen molar-refractivity contribution in [1.82, 2.24) is 14.8 Å². The molecular formula is C17H28N4O. The van der Waals surface area contributed by atoms with Gasteiger partial charge in [-0.1, -0.05) is 18.9 Å². The highest BCUT2D eigenvalue weighted by atomic mass is 16.2. The molecular weight excluding hydrogens is 276 g/mol. The number of pyridine rings is 1. The van der Waals surface area contributed by atoms with Gasteiger partial charge in [0.2, 0.25) is 5.91 Å². The third-order valence-electron chi connectivity index (χ3n) is 4.71. The van der Waals surface area contributed by atoms with Gasteiger partial charge in [-0.05, 0) is 46.0 Å². The summed E-state index contributed by atoms with van der Waals surface area (Å²) in [7, 11) is 4.20. The molecule has 0 spiro atoms. The van der Waals surface area contributed by atoms with Crippen LogP contribution in [0.4, 0.5) is 5.82 Å². The first-order valence-electron chi connectivity index (χ1n) is 8.20. The number of anilines is 1. The molecule has 1 N–H and O–H groups in total. The summed E-state index contributed by atoms with van der Waals surface area (Å²) < 4.78 is 0. The predicted octanol–water partition coefficient (Wildman–Crippen LogP) is 2.21. The average Bonchev–Trinajstić information content (AvgIpc) is 3.07. The molecule has 1 aromatic rings. The Labute approximate surface area is 133 Å². The van der Waals surface area contributed by atoms with Crippen molar-refractivity contribution in [2.45, 2.75) is 44.7 Å². The molecule has 22 heavy (non-hydrogen) atoms. The van der Waals surface area contributed by atoms with E-state index in [0.717, 1.165) is 19.1 Å². The summed E-state index contributed by atoms with van der Waals surface area (Å²) in [6, 6.07) is 6.07. The van der Waals surface area contributed by atoms with Crippen molar-refractivity contribution in [1.29, 1.82) is 0 Å². The van der Waals surface area contributed by atoms with E-state index >= 15 is 0 Å². The quantitative estimate of drug-likeness (QED) is 0.839. The Kier molecular flexibility index (Phi) is 6.34. The Morgan fingerprint density at radius 2 is 2.05 bits per heavy atom. The molecule has 1 amide bonds. The number of nitrogens with zero attached hydrogens (tertiary/aromatic N) is 3. The minimum absolute atomic E-state index is 0.00952. The lowest BCUT2D eigenvalue weighted by Gasteiger charge is -2.29. The van der Waals surface area contributed by atoms with Gasteiger partial charge in [-0.2, -0.15) is 0 Å². The van der Waals surface area contributed by atoms with E-state index in [4.69, 9.17) is 0 Å². The third kappa shape index (κ3) is 4.78. The van der Waals surface area contributed by atoms with Crippen LogP contribution in [0.3, 0.4) is 0 Å². The van der Waals surface area contributed by atoms with Crippen molar-refractivity contribution in [2.75, 3.05) is 32.5 Å². The van der Waals surface area contributed by atoms with Crippen LogP contribution in [0, 0.1) is 0 Å². The summed E-state index contributed by atoms with van der Waals surface area (Å²) in [5, 5.41) is 2.86. The molecule has 2 rings (SSSR count). The maximum absolute atomic E-state index is 12.2. The number of carbonyl (C=O) groups is 1. The summed E-state index contributed by atoms with van der Waals surface area (Å²) in [4.78, 5) is 20.9. The molecule has 5 heteroatoms. The second kappa shape index (κ2) is 8.25. The smallest absolute Gasteiger partial charge is 0.242 e. The van der Waals surface area contributed by atoms with Gasteiger partial charge in [-0.25, -0.2) is 4.98 Å². The number of hydrogen-bond donors (Lipinski definition) is 1. The van der Waals surface area contributed by atoms with Crippen LogP contribution in [-0.4, -0.2) is 60.0 Å². The number of likely N-dealkylation sites (N-methyl/N-ethyl adjacent to an activating group) is 2. The van der Waals surface area contributed by atoms with Crippen LogP contribution >= 0.6 is 0 Å². The normalized spacial score (nSPS) is 17.1. The molecule has 1 fully saturated rings. The highest BCUT2D eigenvalue weighted by molar-refractivity contribution is 5.93. The van der Waals surface area contributed by atoms with Gasteiger partial charge in [0.1, 0.15) is 5.82 Å². The zero-order chi connectivity index (χ0) is 15.9. The van der Waals surface area contributed by atoms with Crippen molar-refractivity contribution in [3.63, 3.8) is 0 Å². The molecule has 0 saturated heterocycles. The number of rotatable bonds is 7. The van der Waals surface area contributed by atoms with Gasteiger partial charge < -0.3 is 10.2 Å².